The van der Waals surface area contributed by atoms with E-state index in [2.05, 4.69) is 10.4 Å². The van der Waals surface area contributed by atoms with E-state index in [1.165, 1.54) is 4.68 Å². The van der Waals surface area contributed by atoms with Gasteiger partial charge < -0.3 is 14.5 Å². The molecule has 0 aliphatic rings. The van der Waals surface area contributed by atoms with E-state index < -0.39 is 17.8 Å². The van der Waals surface area contributed by atoms with Crippen molar-refractivity contribution in [2.45, 2.75) is 39.6 Å². The molecule has 6 nitrogen and oxygen atoms in total. The Labute approximate surface area is 171 Å². The quantitative estimate of drug-likeness (QED) is 0.544. The predicted octanol–water partition coefficient (Wildman–Crippen LogP) is 4.51. The minimum Gasteiger partial charge on any atom is -0.486 e. The molecule has 2 heterocycles. The number of nitrogens with zero attached hydrogens (tertiary/aromatic N) is 2. The van der Waals surface area contributed by atoms with E-state index in [9.17, 15) is 18.0 Å². The fourth-order valence-corrected chi connectivity index (χ4v) is 2.83. The minimum absolute atomic E-state index is 0.146. The number of ether oxygens (including phenoxy) is 1. The number of benzene rings is 1. The van der Waals surface area contributed by atoms with Crippen LogP contribution >= 0.6 is 0 Å². The van der Waals surface area contributed by atoms with Gasteiger partial charge >= 0.3 is 6.18 Å². The Morgan fingerprint density at radius 3 is 2.70 bits per heavy atom. The lowest BCUT2D eigenvalue weighted by Gasteiger charge is -2.06. The number of alkyl halides is 3. The zero-order chi connectivity index (χ0) is 21.7. The average molecular weight is 421 g/mol. The second-order valence-electron chi connectivity index (χ2n) is 6.87. The fraction of sp³-hybridized carbons (Fsp3) is 0.333. The standard InChI is InChI=1S/C21H22F3N3O3/c1-14-5-3-6-16(11-14)29-13-17-7-8-18(30-17)20(28)25-9-4-10-27-15(2)12-19(26-27)21(22,23)24/h3,5-8,11-12H,4,9-10,13H2,1-2H3,(H,25,28). The summed E-state index contributed by atoms with van der Waals surface area (Å²) >= 11 is 0. The molecule has 160 valence electrons. The summed E-state index contributed by atoms with van der Waals surface area (Å²) in [5.74, 6) is 0.964. The van der Waals surface area contributed by atoms with Gasteiger partial charge in [0.05, 0.1) is 0 Å². The molecule has 0 aliphatic carbocycles. The van der Waals surface area contributed by atoms with Gasteiger partial charge in [0.25, 0.3) is 5.91 Å². The summed E-state index contributed by atoms with van der Waals surface area (Å²) in [7, 11) is 0. The second kappa shape index (κ2) is 9.06. The van der Waals surface area contributed by atoms with Crippen molar-refractivity contribution in [1.82, 2.24) is 15.1 Å². The van der Waals surface area contributed by atoms with Crippen molar-refractivity contribution in [3.8, 4) is 5.75 Å². The molecule has 30 heavy (non-hydrogen) atoms. The van der Waals surface area contributed by atoms with Crippen LogP contribution < -0.4 is 10.1 Å². The highest BCUT2D eigenvalue weighted by Crippen LogP contribution is 2.28. The lowest BCUT2D eigenvalue weighted by atomic mass is 10.2. The third kappa shape index (κ3) is 5.65. The first-order chi connectivity index (χ1) is 14.2. The number of rotatable bonds is 8. The van der Waals surface area contributed by atoms with Crippen LogP contribution in [0.4, 0.5) is 13.2 Å². The van der Waals surface area contributed by atoms with E-state index in [1.54, 1.807) is 19.1 Å². The Morgan fingerprint density at radius 2 is 2.00 bits per heavy atom. The number of hydrogen-bond donors (Lipinski definition) is 1. The highest BCUT2D eigenvalue weighted by Gasteiger charge is 2.34. The van der Waals surface area contributed by atoms with Crippen LogP contribution in [0, 0.1) is 13.8 Å². The van der Waals surface area contributed by atoms with Gasteiger partial charge in [0.2, 0.25) is 0 Å². The Morgan fingerprint density at radius 1 is 1.20 bits per heavy atom. The van der Waals surface area contributed by atoms with Crippen molar-refractivity contribution in [1.29, 1.82) is 0 Å². The zero-order valence-corrected chi connectivity index (χ0v) is 16.6. The lowest BCUT2D eigenvalue weighted by Crippen LogP contribution is -2.25. The van der Waals surface area contributed by atoms with E-state index in [0.717, 1.165) is 11.6 Å². The van der Waals surface area contributed by atoms with Crippen molar-refractivity contribution >= 4 is 5.91 Å². The number of aromatic nitrogens is 2. The predicted molar refractivity (Wildman–Crippen MR) is 103 cm³/mol. The number of nitrogens with one attached hydrogen (secondary N) is 1. The fourth-order valence-electron chi connectivity index (χ4n) is 2.83. The van der Waals surface area contributed by atoms with Crippen molar-refractivity contribution in [3.63, 3.8) is 0 Å². The van der Waals surface area contributed by atoms with Crippen LogP contribution in [0.15, 0.2) is 46.9 Å². The number of halogens is 3. The van der Waals surface area contributed by atoms with E-state index in [4.69, 9.17) is 9.15 Å². The summed E-state index contributed by atoms with van der Waals surface area (Å²) in [4.78, 5) is 12.2. The van der Waals surface area contributed by atoms with E-state index >= 15 is 0 Å². The van der Waals surface area contributed by atoms with Crippen LogP contribution in [0.25, 0.3) is 0 Å². The molecule has 0 aliphatic heterocycles. The maximum Gasteiger partial charge on any atom is 0.435 e. The molecule has 0 bridgehead atoms. The van der Waals surface area contributed by atoms with E-state index in [1.807, 2.05) is 31.2 Å². The highest BCUT2D eigenvalue weighted by atomic mass is 19.4. The third-order valence-electron chi connectivity index (χ3n) is 4.36. The number of amides is 1. The minimum atomic E-state index is -4.47. The van der Waals surface area contributed by atoms with Crippen LogP contribution in [0.2, 0.25) is 0 Å². The summed E-state index contributed by atoms with van der Waals surface area (Å²) in [5, 5.41) is 6.24. The molecule has 0 atom stereocenters. The van der Waals surface area contributed by atoms with Crippen LogP contribution in [0.3, 0.4) is 0 Å². The number of carbonyl (C=O) groups is 1. The Kier molecular flexibility index (Phi) is 6.49. The van der Waals surface area contributed by atoms with Crippen molar-refractivity contribution in [2.75, 3.05) is 6.54 Å². The Balaban J connectivity index is 1.44. The van der Waals surface area contributed by atoms with Gasteiger partial charge in [-0.05, 0) is 56.2 Å². The largest absolute Gasteiger partial charge is 0.486 e. The summed E-state index contributed by atoms with van der Waals surface area (Å²) in [6, 6.07) is 11.8. The van der Waals surface area contributed by atoms with Crippen molar-refractivity contribution in [3.05, 3.63) is 70.9 Å². The Hall–Kier alpha value is -3.23. The number of aryl methyl sites for hydroxylation is 3. The molecule has 0 saturated carbocycles. The molecule has 1 amide bonds. The number of furan rings is 1. The monoisotopic (exact) mass is 421 g/mol. The van der Waals surface area contributed by atoms with Crippen molar-refractivity contribution < 1.29 is 27.1 Å². The first-order valence-electron chi connectivity index (χ1n) is 9.40. The normalized spacial score (nSPS) is 11.5. The number of carbonyl (C=O) groups excluding carboxylic acids is 1. The van der Waals surface area contributed by atoms with Crippen LogP contribution in [-0.2, 0) is 19.3 Å². The molecule has 3 rings (SSSR count). The first kappa shape index (κ1) is 21.5. The maximum atomic E-state index is 12.7. The van der Waals surface area contributed by atoms with Crippen LogP contribution in [0.1, 0.15) is 39.7 Å². The maximum absolute atomic E-state index is 12.7. The van der Waals surface area contributed by atoms with Crippen molar-refractivity contribution in [2.24, 2.45) is 0 Å². The molecule has 0 spiro atoms. The molecule has 1 N–H and O–H groups in total. The average Bonchev–Trinajstić information content (AvgIpc) is 3.30. The molecule has 3 aromatic rings. The zero-order valence-electron chi connectivity index (χ0n) is 16.6. The van der Waals surface area contributed by atoms with Gasteiger partial charge in [-0.1, -0.05) is 12.1 Å². The van der Waals surface area contributed by atoms with Gasteiger partial charge in [0, 0.05) is 18.8 Å². The molecule has 2 aromatic heterocycles. The molecule has 0 fully saturated rings. The lowest BCUT2D eigenvalue weighted by molar-refractivity contribution is -0.141. The molecule has 9 heteroatoms. The smallest absolute Gasteiger partial charge is 0.435 e. The summed E-state index contributed by atoms with van der Waals surface area (Å²) in [5.41, 5.74) is 0.574. The molecule has 0 unspecified atom stereocenters. The molecular formula is C21H22F3N3O3. The highest BCUT2D eigenvalue weighted by molar-refractivity contribution is 5.91. The van der Waals surface area contributed by atoms with Gasteiger partial charge in [0.15, 0.2) is 11.5 Å². The van der Waals surface area contributed by atoms with Crippen LogP contribution in [0.5, 0.6) is 5.75 Å². The summed E-state index contributed by atoms with van der Waals surface area (Å²) < 4.78 is 50.5. The van der Waals surface area contributed by atoms with Gasteiger partial charge in [0.1, 0.15) is 18.1 Å². The van der Waals surface area contributed by atoms with E-state index in [0.29, 0.717) is 23.6 Å². The Bertz CT molecular complexity index is 1010. The molecule has 1 aromatic carbocycles. The van der Waals surface area contributed by atoms with Gasteiger partial charge in [-0.15, -0.1) is 0 Å². The third-order valence-corrected chi connectivity index (χ3v) is 4.36. The number of hydrogen-bond acceptors (Lipinski definition) is 4. The van der Waals surface area contributed by atoms with Gasteiger partial charge in [-0.2, -0.15) is 18.3 Å². The SMILES string of the molecule is Cc1cccc(OCc2ccc(C(=O)NCCCn3nc(C(F)(F)F)cc3C)o2)c1. The topological polar surface area (TPSA) is 69.3 Å². The molecule has 0 saturated heterocycles. The molecular weight excluding hydrogens is 399 g/mol. The summed E-state index contributed by atoms with van der Waals surface area (Å²) in [6.07, 6.45) is -4.04. The van der Waals surface area contributed by atoms with Gasteiger partial charge in [-0.25, -0.2) is 0 Å². The van der Waals surface area contributed by atoms with Gasteiger partial charge in [-0.3, -0.25) is 9.48 Å². The first-order valence-corrected chi connectivity index (χ1v) is 9.40. The van der Waals surface area contributed by atoms with E-state index in [-0.39, 0.29) is 25.5 Å². The van der Waals surface area contributed by atoms with Crippen LogP contribution in [-0.4, -0.2) is 22.2 Å². The second-order valence-corrected chi connectivity index (χ2v) is 6.87. The summed E-state index contributed by atoms with van der Waals surface area (Å²) in [6.45, 7) is 4.25. The molecule has 0 radical (unpaired) electrons.